The summed E-state index contributed by atoms with van der Waals surface area (Å²) in [7, 11) is 0. The van der Waals surface area contributed by atoms with E-state index in [0.717, 1.165) is 17.9 Å². The Morgan fingerprint density at radius 2 is 1.59 bits per heavy atom. The molecule has 0 aliphatic carbocycles. The highest BCUT2D eigenvalue weighted by molar-refractivity contribution is 5.95. The van der Waals surface area contributed by atoms with E-state index in [1.54, 1.807) is 24.3 Å². The van der Waals surface area contributed by atoms with E-state index in [0.29, 0.717) is 17.9 Å². The van der Waals surface area contributed by atoms with Gasteiger partial charge in [-0.2, -0.15) is 0 Å². The molecule has 0 aromatic heterocycles. The third-order valence-electron chi connectivity index (χ3n) is 3.52. The molecular formula is C21H26N2O4. The number of nitrogens with one attached hydrogen (secondary N) is 2. The lowest BCUT2D eigenvalue weighted by atomic mass is 10.2. The average molecular weight is 370 g/mol. The van der Waals surface area contributed by atoms with E-state index in [2.05, 4.69) is 10.6 Å². The number of amides is 1. The van der Waals surface area contributed by atoms with Crippen molar-refractivity contribution in [2.45, 2.75) is 33.3 Å². The van der Waals surface area contributed by atoms with Gasteiger partial charge < -0.3 is 20.1 Å². The maximum Gasteiger partial charge on any atom is 0.338 e. The van der Waals surface area contributed by atoms with Crippen molar-refractivity contribution >= 4 is 23.3 Å². The zero-order chi connectivity index (χ0) is 19.6. The zero-order valence-corrected chi connectivity index (χ0v) is 16.0. The summed E-state index contributed by atoms with van der Waals surface area (Å²) in [6.07, 6.45) is 0.898. The van der Waals surface area contributed by atoms with Crippen LogP contribution in [0.25, 0.3) is 0 Å². The standard InChI is InChI=1S/C21H26N2O4/c1-4-13-26-21(25)16-5-7-18(8-6-16)23-20(24)14-22-17-9-11-19(12-10-17)27-15(2)3/h5-12,15,22H,4,13-14H2,1-3H3,(H,23,24). The van der Waals surface area contributed by atoms with Gasteiger partial charge in [0.2, 0.25) is 5.91 Å². The van der Waals surface area contributed by atoms with Gasteiger partial charge in [-0.3, -0.25) is 4.79 Å². The first-order chi connectivity index (χ1) is 13.0. The minimum atomic E-state index is -0.360. The van der Waals surface area contributed by atoms with E-state index in [-0.39, 0.29) is 24.5 Å². The minimum absolute atomic E-state index is 0.120. The van der Waals surface area contributed by atoms with Crippen molar-refractivity contribution in [1.29, 1.82) is 0 Å². The summed E-state index contributed by atoms with van der Waals surface area (Å²) >= 11 is 0. The molecule has 0 heterocycles. The first kappa shape index (κ1) is 20.3. The highest BCUT2D eigenvalue weighted by Crippen LogP contribution is 2.17. The average Bonchev–Trinajstić information content (AvgIpc) is 2.65. The molecule has 1 amide bonds. The van der Waals surface area contributed by atoms with Crippen molar-refractivity contribution in [1.82, 2.24) is 0 Å². The van der Waals surface area contributed by atoms with Gasteiger partial charge in [0.15, 0.2) is 0 Å². The Bertz CT molecular complexity index is 740. The van der Waals surface area contributed by atoms with Crippen LogP contribution in [0, 0.1) is 0 Å². The van der Waals surface area contributed by atoms with E-state index in [1.165, 1.54) is 0 Å². The molecule has 0 spiro atoms. The Hall–Kier alpha value is -3.02. The van der Waals surface area contributed by atoms with Crippen LogP contribution in [0.2, 0.25) is 0 Å². The van der Waals surface area contributed by atoms with E-state index >= 15 is 0 Å². The molecule has 0 saturated heterocycles. The summed E-state index contributed by atoms with van der Waals surface area (Å²) in [5, 5.41) is 5.84. The molecule has 0 bridgehead atoms. The van der Waals surface area contributed by atoms with Gasteiger partial charge in [-0.25, -0.2) is 4.79 Å². The lowest BCUT2D eigenvalue weighted by Crippen LogP contribution is -2.21. The predicted octanol–water partition coefficient (Wildman–Crippen LogP) is 4.09. The minimum Gasteiger partial charge on any atom is -0.491 e. The molecule has 0 radical (unpaired) electrons. The largest absolute Gasteiger partial charge is 0.491 e. The van der Waals surface area contributed by atoms with Crippen LogP contribution >= 0.6 is 0 Å². The monoisotopic (exact) mass is 370 g/mol. The Kier molecular flexibility index (Phi) is 7.67. The van der Waals surface area contributed by atoms with Crippen LogP contribution in [-0.2, 0) is 9.53 Å². The van der Waals surface area contributed by atoms with E-state index < -0.39 is 0 Å². The van der Waals surface area contributed by atoms with Crippen molar-refractivity contribution in [3.63, 3.8) is 0 Å². The van der Waals surface area contributed by atoms with Gasteiger partial charge in [-0.15, -0.1) is 0 Å². The van der Waals surface area contributed by atoms with Crippen LogP contribution < -0.4 is 15.4 Å². The Morgan fingerprint density at radius 1 is 0.963 bits per heavy atom. The fraction of sp³-hybridized carbons (Fsp3) is 0.333. The fourth-order valence-corrected chi connectivity index (χ4v) is 2.28. The molecule has 2 aromatic rings. The quantitative estimate of drug-likeness (QED) is 0.650. The Labute approximate surface area is 159 Å². The Balaban J connectivity index is 1.80. The number of hydrogen-bond donors (Lipinski definition) is 2. The smallest absolute Gasteiger partial charge is 0.338 e. The first-order valence-electron chi connectivity index (χ1n) is 9.05. The molecule has 0 aliphatic rings. The second kappa shape index (κ2) is 10.2. The molecular weight excluding hydrogens is 344 g/mol. The van der Waals surface area contributed by atoms with Gasteiger partial charge in [0.05, 0.1) is 24.8 Å². The molecule has 144 valence electrons. The number of carbonyl (C=O) groups excluding carboxylic acids is 2. The number of carbonyl (C=O) groups is 2. The first-order valence-corrected chi connectivity index (χ1v) is 9.05. The van der Waals surface area contributed by atoms with Crippen molar-refractivity contribution in [3.05, 3.63) is 54.1 Å². The van der Waals surface area contributed by atoms with Gasteiger partial charge in [0, 0.05) is 11.4 Å². The maximum atomic E-state index is 12.1. The molecule has 6 heteroatoms. The summed E-state index contributed by atoms with van der Waals surface area (Å²) in [5.74, 6) is 0.248. The van der Waals surface area contributed by atoms with Crippen LogP contribution in [0.4, 0.5) is 11.4 Å². The number of esters is 1. The number of ether oxygens (including phenoxy) is 2. The van der Waals surface area contributed by atoms with Crippen LogP contribution in [0.5, 0.6) is 5.75 Å². The lowest BCUT2D eigenvalue weighted by Gasteiger charge is -2.11. The van der Waals surface area contributed by atoms with Gasteiger partial charge in [0.1, 0.15) is 5.75 Å². The highest BCUT2D eigenvalue weighted by Gasteiger charge is 2.08. The molecule has 0 aliphatic heterocycles. The molecule has 0 fully saturated rings. The van der Waals surface area contributed by atoms with Crippen molar-refractivity contribution in [3.8, 4) is 5.75 Å². The van der Waals surface area contributed by atoms with Gasteiger partial charge in [0.25, 0.3) is 0 Å². The Morgan fingerprint density at radius 3 is 2.19 bits per heavy atom. The number of rotatable bonds is 9. The summed E-state index contributed by atoms with van der Waals surface area (Å²) in [6.45, 7) is 6.40. The van der Waals surface area contributed by atoms with Crippen LogP contribution in [-0.4, -0.2) is 31.1 Å². The maximum absolute atomic E-state index is 12.1. The van der Waals surface area contributed by atoms with E-state index in [4.69, 9.17) is 9.47 Å². The summed E-state index contributed by atoms with van der Waals surface area (Å²) in [5.41, 5.74) is 1.91. The number of benzene rings is 2. The molecule has 0 saturated carbocycles. The second-order valence-electron chi connectivity index (χ2n) is 6.31. The van der Waals surface area contributed by atoms with Crippen molar-refractivity contribution in [2.75, 3.05) is 23.8 Å². The topological polar surface area (TPSA) is 76.7 Å². The van der Waals surface area contributed by atoms with Crippen molar-refractivity contribution in [2.24, 2.45) is 0 Å². The molecule has 2 rings (SSSR count). The van der Waals surface area contributed by atoms with E-state index in [1.807, 2.05) is 45.0 Å². The van der Waals surface area contributed by atoms with E-state index in [9.17, 15) is 9.59 Å². The van der Waals surface area contributed by atoms with Crippen LogP contribution in [0.15, 0.2) is 48.5 Å². The molecule has 6 nitrogen and oxygen atoms in total. The lowest BCUT2D eigenvalue weighted by molar-refractivity contribution is -0.114. The SMILES string of the molecule is CCCOC(=O)c1ccc(NC(=O)CNc2ccc(OC(C)C)cc2)cc1. The van der Waals surface area contributed by atoms with Crippen LogP contribution in [0.1, 0.15) is 37.6 Å². The van der Waals surface area contributed by atoms with Gasteiger partial charge >= 0.3 is 5.97 Å². The third kappa shape index (κ3) is 7.01. The number of hydrogen-bond acceptors (Lipinski definition) is 5. The normalized spacial score (nSPS) is 10.4. The molecule has 0 unspecified atom stereocenters. The van der Waals surface area contributed by atoms with Crippen LogP contribution in [0.3, 0.4) is 0 Å². The highest BCUT2D eigenvalue weighted by atomic mass is 16.5. The summed E-state index contributed by atoms with van der Waals surface area (Å²) in [4.78, 5) is 23.8. The van der Waals surface area contributed by atoms with Gasteiger partial charge in [-0.05, 0) is 68.8 Å². The number of anilines is 2. The van der Waals surface area contributed by atoms with Gasteiger partial charge in [-0.1, -0.05) is 6.92 Å². The fourth-order valence-electron chi connectivity index (χ4n) is 2.28. The summed E-state index contributed by atoms with van der Waals surface area (Å²) in [6, 6.07) is 14.1. The summed E-state index contributed by atoms with van der Waals surface area (Å²) < 4.78 is 10.7. The molecule has 2 N–H and O–H groups in total. The molecule has 2 aromatic carbocycles. The molecule has 0 atom stereocenters. The van der Waals surface area contributed by atoms with Crippen molar-refractivity contribution < 1.29 is 19.1 Å². The molecule has 27 heavy (non-hydrogen) atoms. The second-order valence-corrected chi connectivity index (χ2v) is 6.31. The predicted molar refractivity (Wildman–Crippen MR) is 106 cm³/mol. The zero-order valence-electron chi connectivity index (χ0n) is 16.0. The third-order valence-corrected chi connectivity index (χ3v) is 3.52.